The SMILES string of the molecule is C=CCN1CCCC[C@H]1[C@@H](NC(=O)c1cccc(C(F)(F)F)c1Cl)c1cccc(-c2cnn(C)c2)c1. The molecule has 0 saturated carbocycles. The summed E-state index contributed by atoms with van der Waals surface area (Å²) >= 11 is 6.08. The molecule has 36 heavy (non-hydrogen) atoms. The number of aryl methyl sites for hydroxylation is 1. The van der Waals surface area contributed by atoms with Gasteiger partial charge >= 0.3 is 6.18 Å². The summed E-state index contributed by atoms with van der Waals surface area (Å²) in [5, 5.41) is 6.66. The fourth-order valence-corrected chi connectivity index (χ4v) is 5.13. The van der Waals surface area contributed by atoms with Crippen molar-refractivity contribution in [3.8, 4) is 11.1 Å². The Morgan fingerprint density at radius 1 is 1.25 bits per heavy atom. The van der Waals surface area contributed by atoms with Crippen LogP contribution in [0.2, 0.25) is 5.02 Å². The van der Waals surface area contributed by atoms with E-state index in [1.807, 2.05) is 43.6 Å². The molecule has 1 aliphatic heterocycles. The van der Waals surface area contributed by atoms with E-state index in [2.05, 4.69) is 21.9 Å². The average molecular weight is 517 g/mol. The van der Waals surface area contributed by atoms with E-state index in [1.54, 1.807) is 10.9 Å². The molecule has 3 aromatic rings. The summed E-state index contributed by atoms with van der Waals surface area (Å²) in [4.78, 5) is 15.6. The Bertz CT molecular complexity index is 1240. The van der Waals surface area contributed by atoms with Gasteiger partial charge in [-0.15, -0.1) is 6.58 Å². The third-order valence-corrected chi connectivity index (χ3v) is 6.94. The number of amides is 1. The molecule has 4 rings (SSSR count). The number of likely N-dealkylation sites (tertiary alicyclic amines) is 1. The number of piperidine rings is 1. The first kappa shape index (κ1) is 26.0. The lowest BCUT2D eigenvalue weighted by Gasteiger charge is -2.40. The van der Waals surface area contributed by atoms with Crippen LogP contribution in [0.1, 0.15) is 46.8 Å². The van der Waals surface area contributed by atoms with E-state index in [9.17, 15) is 18.0 Å². The van der Waals surface area contributed by atoms with E-state index >= 15 is 0 Å². The van der Waals surface area contributed by atoms with Gasteiger partial charge in [0.05, 0.1) is 28.4 Å². The lowest BCUT2D eigenvalue weighted by atomic mass is 9.89. The van der Waals surface area contributed by atoms with Gasteiger partial charge in [-0.3, -0.25) is 14.4 Å². The van der Waals surface area contributed by atoms with Crippen molar-refractivity contribution < 1.29 is 18.0 Å². The predicted octanol–water partition coefficient (Wildman–Crippen LogP) is 6.27. The number of rotatable bonds is 7. The molecule has 5 nitrogen and oxygen atoms in total. The van der Waals surface area contributed by atoms with E-state index in [1.165, 1.54) is 12.1 Å². The molecule has 0 unspecified atom stereocenters. The highest BCUT2D eigenvalue weighted by Crippen LogP contribution is 2.37. The normalized spacial score (nSPS) is 17.5. The van der Waals surface area contributed by atoms with E-state index in [4.69, 9.17) is 11.6 Å². The van der Waals surface area contributed by atoms with Crippen LogP contribution in [-0.4, -0.2) is 39.7 Å². The molecule has 2 atom stereocenters. The third kappa shape index (κ3) is 5.65. The van der Waals surface area contributed by atoms with Crippen LogP contribution in [0.25, 0.3) is 11.1 Å². The number of alkyl halides is 3. The number of nitrogens with zero attached hydrogens (tertiary/aromatic N) is 3. The molecule has 190 valence electrons. The molecule has 1 aliphatic rings. The van der Waals surface area contributed by atoms with Gasteiger partial charge < -0.3 is 5.32 Å². The van der Waals surface area contributed by atoms with Crippen molar-refractivity contribution in [2.75, 3.05) is 13.1 Å². The van der Waals surface area contributed by atoms with Gasteiger partial charge in [0.15, 0.2) is 0 Å². The first-order valence-corrected chi connectivity index (χ1v) is 12.2. The van der Waals surface area contributed by atoms with Crippen LogP contribution < -0.4 is 5.32 Å². The molecule has 0 aliphatic carbocycles. The quantitative estimate of drug-likeness (QED) is 0.376. The Labute approximate surface area is 213 Å². The maximum atomic E-state index is 13.4. The summed E-state index contributed by atoms with van der Waals surface area (Å²) < 4.78 is 42.0. The molecule has 1 aromatic heterocycles. The Hall–Kier alpha value is -3.10. The Balaban J connectivity index is 1.73. The summed E-state index contributed by atoms with van der Waals surface area (Å²) in [6.45, 7) is 5.35. The maximum Gasteiger partial charge on any atom is 0.417 e. The van der Waals surface area contributed by atoms with Gasteiger partial charge in [-0.25, -0.2) is 0 Å². The van der Waals surface area contributed by atoms with Crippen LogP contribution in [0.3, 0.4) is 0 Å². The second-order valence-electron chi connectivity index (χ2n) is 8.99. The fraction of sp³-hybridized carbons (Fsp3) is 0.333. The maximum absolute atomic E-state index is 13.4. The third-order valence-electron chi connectivity index (χ3n) is 6.53. The second-order valence-corrected chi connectivity index (χ2v) is 9.37. The molecule has 2 aromatic carbocycles. The minimum Gasteiger partial charge on any atom is -0.344 e. The van der Waals surface area contributed by atoms with Crippen LogP contribution in [0, 0.1) is 0 Å². The standard InChI is InChI=1S/C27H28ClF3N4O/c1-3-13-35-14-5-4-12-23(35)25(19-9-6-8-18(15-19)20-16-32-34(2)17-20)33-26(36)21-10-7-11-22(24(21)28)27(29,30)31/h3,6-11,15-17,23,25H,1,4-5,12-14H2,2H3,(H,33,36)/t23-,25-/m0/s1. The lowest BCUT2D eigenvalue weighted by Crippen LogP contribution is -2.48. The molecule has 1 fully saturated rings. The van der Waals surface area contributed by atoms with Crippen molar-refractivity contribution in [1.29, 1.82) is 0 Å². The van der Waals surface area contributed by atoms with Crippen LogP contribution in [-0.2, 0) is 13.2 Å². The van der Waals surface area contributed by atoms with E-state index in [-0.39, 0.29) is 11.6 Å². The van der Waals surface area contributed by atoms with Crippen molar-refractivity contribution in [1.82, 2.24) is 20.0 Å². The number of carbonyl (C=O) groups excluding carboxylic acids is 1. The van der Waals surface area contributed by atoms with Crippen molar-refractivity contribution in [2.45, 2.75) is 37.5 Å². The van der Waals surface area contributed by atoms with Gasteiger partial charge in [0, 0.05) is 31.4 Å². The van der Waals surface area contributed by atoms with E-state index < -0.39 is 28.7 Å². The van der Waals surface area contributed by atoms with Crippen molar-refractivity contribution in [3.05, 3.63) is 89.2 Å². The van der Waals surface area contributed by atoms with Crippen LogP contribution in [0.5, 0.6) is 0 Å². The molecule has 9 heteroatoms. The highest BCUT2D eigenvalue weighted by Gasteiger charge is 2.36. The van der Waals surface area contributed by atoms with Crippen molar-refractivity contribution in [3.63, 3.8) is 0 Å². The van der Waals surface area contributed by atoms with Gasteiger partial charge in [-0.05, 0) is 48.7 Å². The first-order valence-electron chi connectivity index (χ1n) is 11.8. The first-order chi connectivity index (χ1) is 17.2. The summed E-state index contributed by atoms with van der Waals surface area (Å²) in [6.07, 6.45) is 3.67. The zero-order valence-electron chi connectivity index (χ0n) is 19.9. The summed E-state index contributed by atoms with van der Waals surface area (Å²) in [5.41, 5.74) is 1.48. The van der Waals surface area contributed by atoms with Crippen LogP contribution in [0.4, 0.5) is 13.2 Å². The molecular formula is C27H28ClF3N4O. The van der Waals surface area contributed by atoms with Gasteiger partial charge in [-0.2, -0.15) is 18.3 Å². The number of halogens is 4. The van der Waals surface area contributed by atoms with Gasteiger partial charge in [0.1, 0.15) is 0 Å². The summed E-state index contributed by atoms with van der Waals surface area (Å²) in [5.74, 6) is -0.646. The molecule has 0 bridgehead atoms. The van der Waals surface area contributed by atoms with Crippen molar-refractivity contribution in [2.24, 2.45) is 7.05 Å². The van der Waals surface area contributed by atoms with Crippen LogP contribution >= 0.6 is 11.6 Å². The highest BCUT2D eigenvalue weighted by atomic mass is 35.5. The number of benzene rings is 2. The second kappa shape index (κ2) is 10.9. The van der Waals surface area contributed by atoms with Gasteiger partial charge in [-0.1, -0.05) is 48.4 Å². The fourth-order valence-electron chi connectivity index (χ4n) is 4.82. The molecular weight excluding hydrogens is 489 g/mol. The molecule has 1 saturated heterocycles. The van der Waals surface area contributed by atoms with Crippen molar-refractivity contribution >= 4 is 17.5 Å². The molecule has 1 amide bonds. The molecule has 0 radical (unpaired) electrons. The number of hydrogen-bond donors (Lipinski definition) is 1. The topological polar surface area (TPSA) is 50.2 Å². The smallest absolute Gasteiger partial charge is 0.344 e. The number of hydrogen-bond acceptors (Lipinski definition) is 3. The zero-order chi connectivity index (χ0) is 25.9. The van der Waals surface area contributed by atoms with Crippen LogP contribution in [0.15, 0.2) is 67.5 Å². The minimum absolute atomic E-state index is 0.0607. The Morgan fingerprint density at radius 2 is 2.03 bits per heavy atom. The summed E-state index contributed by atoms with van der Waals surface area (Å²) in [6, 6.07) is 10.7. The number of carbonyl (C=O) groups is 1. The lowest BCUT2D eigenvalue weighted by molar-refractivity contribution is -0.137. The minimum atomic E-state index is -4.66. The van der Waals surface area contributed by atoms with E-state index in [0.29, 0.717) is 6.54 Å². The monoisotopic (exact) mass is 516 g/mol. The molecule has 1 N–H and O–H groups in total. The molecule has 2 heterocycles. The largest absolute Gasteiger partial charge is 0.417 e. The average Bonchev–Trinajstić information content (AvgIpc) is 3.29. The van der Waals surface area contributed by atoms with Gasteiger partial charge in [0.25, 0.3) is 5.91 Å². The molecule has 0 spiro atoms. The van der Waals surface area contributed by atoms with E-state index in [0.717, 1.165) is 48.6 Å². The highest BCUT2D eigenvalue weighted by molar-refractivity contribution is 6.34. The number of nitrogens with one attached hydrogen (secondary N) is 1. The Morgan fingerprint density at radius 3 is 2.72 bits per heavy atom. The predicted molar refractivity (Wildman–Crippen MR) is 135 cm³/mol. The summed E-state index contributed by atoms with van der Waals surface area (Å²) in [7, 11) is 1.84. The zero-order valence-corrected chi connectivity index (χ0v) is 20.7. The Kier molecular flexibility index (Phi) is 7.85. The number of aromatic nitrogens is 2. The van der Waals surface area contributed by atoms with Gasteiger partial charge in [0.2, 0.25) is 0 Å².